The second kappa shape index (κ2) is 7.79. The number of esters is 1. The van der Waals surface area contributed by atoms with Gasteiger partial charge >= 0.3 is 5.97 Å². The van der Waals surface area contributed by atoms with Gasteiger partial charge in [0.2, 0.25) is 5.91 Å². The molecule has 19 heavy (non-hydrogen) atoms. The Balaban J connectivity index is 2.31. The third kappa shape index (κ3) is 6.25. The summed E-state index contributed by atoms with van der Waals surface area (Å²) in [4.78, 5) is 22.2. The second-order valence-corrected chi connectivity index (χ2v) is 4.71. The average molecular weight is 284 g/mol. The van der Waals surface area contributed by atoms with Crippen molar-refractivity contribution < 1.29 is 14.3 Å². The molecule has 0 aliphatic heterocycles. The topological polar surface area (TPSA) is 55.4 Å². The first-order chi connectivity index (χ1) is 8.99. The Labute approximate surface area is 118 Å². The van der Waals surface area contributed by atoms with Gasteiger partial charge in [-0.2, -0.15) is 0 Å². The van der Waals surface area contributed by atoms with Crippen molar-refractivity contribution in [3.63, 3.8) is 0 Å². The van der Waals surface area contributed by atoms with Crippen molar-refractivity contribution in [3.8, 4) is 0 Å². The highest BCUT2D eigenvalue weighted by Crippen LogP contribution is 2.19. The van der Waals surface area contributed by atoms with E-state index in [1.54, 1.807) is 12.1 Å². The summed E-state index contributed by atoms with van der Waals surface area (Å²) in [5, 5.41) is 3.28. The number of rotatable bonds is 6. The van der Waals surface area contributed by atoms with Crippen LogP contribution < -0.4 is 5.32 Å². The molecule has 0 fully saturated rings. The maximum atomic E-state index is 11.6. The lowest BCUT2D eigenvalue weighted by molar-refractivity contribution is -0.148. The van der Waals surface area contributed by atoms with E-state index in [2.05, 4.69) is 5.32 Å². The SMILES string of the molecule is CC(=O)NCCCC(=O)OC(C)c1ccc(Cl)cc1. The Kier molecular flexibility index (Phi) is 6.36. The zero-order valence-electron chi connectivity index (χ0n) is 11.1. The van der Waals surface area contributed by atoms with Crippen LogP contribution >= 0.6 is 11.6 Å². The van der Waals surface area contributed by atoms with Crippen LogP contribution in [0.15, 0.2) is 24.3 Å². The Morgan fingerprint density at radius 2 is 1.95 bits per heavy atom. The van der Waals surface area contributed by atoms with Gasteiger partial charge in [-0.3, -0.25) is 9.59 Å². The highest BCUT2D eigenvalue weighted by atomic mass is 35.5. The fourth-order valence-electron chi connectivity index (χ4n) is 1.56. The van der Waals surface area contributed by atoms with Gasteiger partial charge in [0.1, 0.15) is 6.10 Å². The number of hydrogen-bond acceptors (Lipinski definition) is 3. The van der Waals surface area contributed by atoms with Crippen LogP contribution in [0.4, 0.5) is 0 Å². The van der Waals surface area contributed by atoms with Crippen LogP contribution in [0.2, 0.25) is 5.02 Å². The minimum absolute atomic E-state index is 0.0945. The number of hydrogen-bond donors (Lipinski definition) is 1. The van der Waals surface area contributed by atoms with E-state index in [0.29, 0.717) is 18.0 Å². The molecule has 0 aromatic heterocycles. The zero-order chi connectivity index (χ0) is 14.3. The van der Waals surface area contributed by atoms with Gasteiger partial charge in [0.15, 0.2) is 0 Å². The van der Waals surface area contributed by atoms with Gasteiger partial charge in [-0.25, -0.2) is 0 Å². The van der Waals surface area contributed by atoms with E-state index < -0.39 is 0 Å². The lowest BCUT2D eigenvalue weighted by Crippen LogP contribution is -2.21. The first kappa shape index (κ1) is 15.5. The number of halogens is 1. The second-order valence-electron chi connectivity index (χ2n) is 4.27. The van der Waals surface area contributed by atoms with Gasteiger partial charge in [0.25, 0.3) is 0 Å². The maximum Gasteiger partial charge on any atom is 0.306 e. The summed E-state index contributed by atoms with van der Waals surface area (Å²) in [7, 11) is 0. The van der Waals surface area contributed by atoms with E-state index in [0.717, 1.165) is 5.56 Å². The normalized spacial score (nSPS) is 11.7. The van der Waals surface area contributed by atoms with Crippen molar-refractivity contribution in [2.24, 2.45) is 0 Å². The van der Waals surface area contributed by atoms with Gasteiger partial charge in [-0.1, -0.05) is 23.7 Å². The first-order valence-corrected chi connectivity index (χ1v) is 6.56. The van der Waals surface area contributed by atoms with Gasteiger partial charge in [-0.05, 0) is 31.0 Å². The number of carbonyl (C=O) groups excluding carboxylic acids is 2. The third-order valence-electron chi connectivity index (χ3n) is 2.58. The van der Waals surface area contributed by atoms with Gasteiger partial charge < -0.3 is 10.1 Å². The monoisotopic (exact) mass is 283 g/mol. The molecule has 1 aromatic carbocycles. The zero-order valence-corrected chi connectivity index (χ0v) is 11.9. The number of amides is 1. The van der Waals surface area contributed by atoms with Crippen LogP contribution in [0.25, 0.3) is 0 Å². The molecule has 1 aromatic rings. The molecule has 0 saturated heterocycles. The molecule has 104 valence electrons. The maximum absolute atomic E-state index is 11.6. The molecule has 1 rings (SSSR count). The average Bonchev–Trinajstić information content (AvgIpc) is 2.35. The summed E-state index contributed by atoms with van der Waals surface area (Å²) in [6, 6.07) is 7.19. The minimum Gasteiger partial charge on any atom is -0.458 e. The highest BCUT2D eigenvalue weighted by molar-refractivity contribution is 6.30. The van der Waals surface area contributed by atoms with Crippen molar-refractivity contribution in [2.45, 2.75) is 32.8 Å². The summed E-state index contributed by atoms with van der Waals surface area (Å²) in [6.07, 6.45) is 0.565. The third-order valence-corrected chi connectivity index (χ3v) is 2.83. The molecule has 5 heteroatoms. The molecule has 0 aliphatic rings. The van der Waals surface area contributed by atoms with E-state index in [-0.39, 0.29) is 24.4 Å². The van der Waals surface area contributed by atoms with Crippen molar-refractivity contribution in [1.29, 1.82) is 0 Å². The largest absolute Gasteiger partial charge is 0.458 e. The molecule has 0 bridgehead atoms. The summed E-state index contributed by atoms with van der Waals surface area (Å²) in [5.74, 6) is -0.365. The molecule has 0 spiro atoms. The Morgan fingerprint density at radius 1 is 1.32 bits per heavy atom. The summed E-state index contributed by atoms with van der Waals surface area (Å²) >= 11 is 5.79. The number of benzene rings is 1. The van der Waals surface area contributed by atoms with Crippen molar-refractivity contribution in [1.82, 2.24) is 5.32 Å². The molecule has 1 unspecified atom stereocenters. The van der Waals surface area contributed by atoms with Crippen LogP contribution in [0, 0.1) is 0 Å². The molecule has 0 saturated carbocycles. The molecule has 4 nitrogen and oxygen atoms in total. The Bertz CT molecular complexity index is 431. The smallest absolute Gasteiger partial charge is 0.306 e. The molecule has 0 heterocycles. The molecule has 1 atom stereocenters. The van der Waals surface area contributed by atoms with Gasteiger partial charge in [0, 0.05) is 24.9 Å². The summed E-state index contributed by atoms with van der Waals surface area (Å²) in [5.41, 5.74) is 0.902. The molecule has 0 aliphatic carbocycles. The van der Waals surface area contributed by atoms with Crippen LogP contribution in [-0.4, -0.2) is 18.4 Å². The molecular formula is C14H18ClNO3. The number of carbonyl (C=O) groups is 2. The predicted octanol–water partition coefficient (Wildman–Crippen LogP) is 2.86. The van der Waals surface area contributed by atoms with Crippen molar-refractivity contribution in [2.75, 3.05) is 6.54 Å². The fourth-order valence-corrected chi connectivity index (χ4v) is 1.68. The summed E-state index contributed by atoms with van der Waals surface area (Å²) in [6.45, 7) is 3.75. The highest BCUT2D eigenvalue weighted by Gasteiger charge is 2.11. The minimum atomic E-state index is -0.300. The van der Waals surface area contributed by atoms with Crippen LogP contribution in [0.1, 0.15) is 38.4 Å². The lowest BCUT2D eigenvalue weighted by Gasteiger charge is -2.13. The van der Waals surface area contributed by atoms with E-state index in [1.807, 2.05) is 19.1 Å². The van der Waals surface area contributed by atoms with Crippen LogP contribution in [0.5, 0.6) is 0 Å². The Hall–Kier alpha value is -1.55. The molecule has 1 N–H and O–H groups in total. The molecule has 0 radical (unpaired) electrons. The number of ether oxygens (including phenoxy) is 1. The van der Waals surface area contributed by atoms with Crippen LogP contribution in [-0.2, 0) is 14.3 Å². The van der Waals surface area contributed by atoms with Crippen molar-refractivity contribution in [3.05, 3.63) is 34.9 Å². The predicted molar refractivity (Wildman–Crippen MR) is 73.9 cm³/mol. The fraction of sp³-hybridized carbons (Fsp3) is 0.429. The van der Waals surface area contributed by atoms with Gasteiger partial charge in [0.05, 0.1) is 0 Å². The molecule has 1 amide bonds. The van der Waals surface area contributed by atoms with Crippen molar-refractivity contribution >= 4 is 23.5 Å². The van der Waals surface area contributed by atoms with E-state index in [9.17, 15) is 9.59 Å². The van der Waals surface area contributed by atoms with E-state index in [1.165, 1.54) is 6.92 Å². The van der Waals surface area contributed by atoms with E-state index >= 15 is 0 Å². The standard InChI is InChI=1S/C14H18ClNO3/c1-10(12-5-7-13(15)8-6-12)19-14(18)4-3-9-16-11(2)17/h5-8,10H,3-4,9H2,1-2H3,(H,16,17). The van der Waals surface area contributed by atoms with Gasteiger partial charge in [-0.15, -0.1) is 0 Å². The van der Waals surface area contributed by atoms with Crippen LogP contribution in [0.3, 0.4) is 0 Å². The Morgan fingerprint density at radius 3 is 2.53 bits per heavy atom. The quantitative estimate of drug-likeness (QED) is 0.645. The lowest BCUT2D eigenvalue weighted by atomic mass is 10.1. The van der Waals surface area contributed by atoms with E-state index in [4.69, 9.17) is 16.3 Å². The summed E-state index contributed by atoms with van der Waals surface area (Å²) < 4.78 is 5.29. The first-order valence-electron chi connectivity index (χ1n) is 6.18. The molecular weight excluding hydrogens is 266 g/mol. The number of nitrogens with one attached hydrogen (secondary N) is 1.